The van der Waals surface area contributed by atoms with E-state index in [1.54, 1.807) is 6.20 Å². The topological polar surface area (TPSA) is 71.2 Å². The van der Waals surface area contributed by atoms with Crippen LogP contribution in [0.3, 0.4) is 0 Å². The number of nitrogen functional groups attached to an aromatic ring is 1. The van der Waals surface area contributed by atoms with Gasteiger partial charge in [0.2, 0.25) is 0 Å². The summed E-state index contributed by atoms with van der Waals surface area (Å²) in [6.07, 6.45) is 6.06. The predicted octanol–water partition coefficient (Wildman–Crippen LogP) is 1.69. The molecule has 0 saturated heterocycles. The Balaban J connectivity index is 2.19. The molecule has 0 amide bonds. The van der Waals surface area contributed by atoms with Gasteiger partial charge in [0.15, 0.2) is 0 Å². The zero-order valence-corrected chi connectivity index (χ0v) is 9.66. The van der Waals surface area contributed by atoms with Crippen molar-refractivity contribution in [2.75, 3.05) is 17.7 Å². The second kappa shape index (κ2) is 4.29. The number of hydrogen-bond acceptors (Lipinski definition) is 4. The average molecular weight is 221 g/mol. The number of nitrogens with zero attached hydrogens (tertiary/aromatic N) is 1. The van der Waals surface area contributed by atoms with Crippen molar-refractivity contribution < 1.29 is 5.11 Å². The highest BCUT2D eigenvalue weighted by molar-refractivity contribution is 5.62. The van der Waals surface area contributed by atoms with Crippen LogP contribution < -0.4 is 11.1 Å². The summed E-state index contributed by atoms with van der Waals surface area (Å²) < 4.78 is 0. The van der Waals surface area contributed by atoms with Gasteiger partial charge in [0, 0.05) is 6.20 Å². The molecule has 0 bridgehead atoms. The largest absolute Gasteiger partial charge is 0.396 e. The first-order chi connectivity index (χ1) is 7.65. The van der Waals surface area contributed by atoms with Crippen LogP contribution in [0.5, 0.6) is 0 Å². The van der Waals surface area contributed by atoms with E-state index in [9.17, 15) is 5.11 Å². The van der Waals surface area contributed by atoms with E-state index in [0.29, 0.717) is 11.5 Å². The molecule has 1 saturated carbocycles. The fraction of sp³-hybridized carbons (Fsp3) is 0.583. The Bertz CT molecular complexity index is 373. The van der Waals surface area contributed by atoms with E-state index in [-0.39, 0.29) is 12.1 Å². The monoisotopic (exact) mass is 221 g/mol. The number of anilines is 2. The highest BCUT2D eigenvalue weighted by Crippen LogP contribution is 2.33. The molecule has 0 aliphatic heterocycles. The molecule has 0 unspecified atom stereocenters. The molecule has 1 aromatic heterocycles. The average Bonchev–Trinajstić information content (AvgIpc) is 2.72. The van der Waals surface area contributed by atoms with Crippen LogP contribution in [0.1, 0.15) is 31.2 Å². The molecule has 2 rings (SSSR count). The molecule has 4 heteroatoms. The van der Waals surface area contributed by atoms with Crippen LogP contribution in [0.4, 0.5) is 11.5 Å². The Morgan fingerprint density at radius 2 is 2.19 bits per heavy atom. The molecule has 88 valence electrons. The van der Waals surface area contributed by atoms with Crippen molar-refractivity contribution in [3.05, 3.63) is 17.8 Å². The number of pyridine rings is 1. The van der Waals surface area contributed by atoms with E-state index >= 15 is 0 Å². The smallest absolute Gasteiger partial charge is 0.149 e. The molecule has 4 N–H and O–H groups in total. The molecule has 1 heterocycles. The van der Waals surface area contributed by atoms with Crippen LogP contribution in [0.2, 0.25) is 0 Å². The highest BCUT2D eigenvalue weighted by atomic mass is 16.3. The summed E-state index contributed by atoms with van der Waals surface area (Å²) in [5.74, 6) is 0.696. The van der Waals surface area contributed by atoms with Crippen molar-refractivity contribution in [1.82, 2.24) is 4.98 Å². The van der Waals surface area contributed by atoms with Crippen LogP contribution in [0.25, 0.3) is 0 Å². The highest BCUT2D eigenvalue weighted by Gasteiger charge is 2.33. The lowest BCUT2D eigenvalue weighted by Gasteiger charge is -2.29. The van der Waals surface area contributed by atoms with Gasteiger partial charge in [-0.15, -0.1) is 0 Å². The number of aryl methyl sites for hydroxylation is 1. The van der Waals surface area contributed by atoms with Crippen LogP contribution in [-0.2, 0) is 0 Å². The Morgan fingerprint density at radius 1 is 1.50 bits per heavy atom. The van der Waals surface area contributed by atoms with Gasteiger partial charge in [-0.2, -0.15) is 0 Å². The zero-order valence-electron chi connectivity index (χ0n) is 9.66. The standard InChI is InChI=1S/C12H19N3O/c1-9-6-10(13)11(14-7-9)15-12(8-16)4-2-3-5-12/h6-7,16H,2-5,8,13H2,1H3,(H,14,15). The SMILES string of the molecule is Cc1cnc(NC2(CO)CCCC2)c(N)c1. The number of nitrogens with one attached hydrogen (secondary N) is 1. The summed E-state index contributed by atoms with van der Waals surface area (Å²) in [7, 11) is 0. The quantitative estimate of drug-likeness (QED) is 0.726. The molecule has 1 aliphatic rings. The first-order valence-electron chi connectivity index (χ1n) is 5.76. The molecule has 0 radical (unpaired) electrons. The molecular weight excluding hydrogens is 202 g/mol. The summed E-state index contributed by atoms with van der Waals surface area (Å²) in [5.41, 5.74) is 7.40. The normalized spacial score (nSPS) is 18.6. The van der Waals surface area contributed by atoms with Crippen molar-refractivity contribution in [1.29, 1.82) is 0 Å². The Hall–Kier alpha value is -1.29. The number of aliphatic hydroxyl groups excluding tert-OH is 1. The minimum atomic E-state index is -0.212. The third kappa shape index (κ3) is 2.11. The third-order valence-electron chi connectivity index (χ3n) is 3.30. The summed E-state index contributed by atoms with van der Waals surface area (Å²) in [5, 5.41) is 12.8. The van der Waals surface area contributed by atoms with Gasteiger partial charge in [-0.05, 0) is 31.4 Å². The fourth-order valence-electron chi connectivity index (χ4n) is 2.32. The maximum atomic E-state index is 9.49. The fourth-order valence-corrected chi connectivity index (χ4v) is 2.32. The molecule has 0 spiro atoms. The molecule has 0 atom stereocenters. The van der Waals surface area contributed by atoms with E-state index in [0.717, 1.165) is 31.2 Å². The zero-order chi connectivity index (χ0) is 11.6. The minimum absolute atomic E-state index is 0.141. The Morgan fingerprint density at radius 3 is 2.75 bits per heavy atom. The number of nitrogens with two attached hydrogens (primary N) is 1. The van der Waals surface area contributed by atoms with E-state index in [2.05, 4.69) is 10.3 Å². The van der Waals surface area contributed by atoms with Crippen molar-refractivity contribution in [2.45, 2.75) is 38.1 Å². The number of aliphatic hydroxyl groups is 1. The summed E-state index contributed by atoms with van der Waals surface area (Å²) >= 11 is 0. The Labute approximate surface area is 95.9 Å². The summed E-state index contributed by atoms with van der Waals surface area (Å²) in [6, 6.07) is 1.90. The molecule has 0 aromatic carbocycles. The summed E-state index contributed by atoms with van der Waals surface area (Å²) in [4.78, 5) is 4.29. The first-order valence-corrected chi connectivity index (χ1v) is 5.76. The first kappa shape index (κ1) is 11.2. The van der Waals surface area contributed by atoms with Gasteiger partial charge in [0.1, 0.15) is 5.82 Å². The maximum absolute atomic E-state index is 9.49. The lowest BCUT2D eigenvalue weighted by atomic mass is 9.99. The van der Waals surface area contributed by atoms with Crippen molar-refractivity contribution in [2.24, 2.45) is 0 Å². The van der Waals surface area contributed by atoms with Crippen LogP contribution >= 0.6 is 0 Å². The molecule has 4 nitrogen and oxygen atoms in total. The second-order valence-electron chi connectivity index (χ2n) is 4.72. The van der Waals surface area contributed by atoms with E-state index in [1.807, 2.05) is 13.0 Å². The molecule has 1 aliphatic carbocycles. The third-order valence-corrected chi connectivity index (χ3v) is 3.30. The lowest BCUT2D eigenvalue weighted by molar-refractivity contribution is 0.214. The Kier molecular flexibility index (Phi) is 3.01. The molecular formula is C12H19N3O. The van der Waals surface area contributed by atoms with Gasteiger partial charge in [0.25, 0.3) is 0 Å². The lowest BCUT2D eigenvalue weighted by Crippen LogP contribution is -2.39. The molecule has 1 fully saturated rings. The van der Waals surface area contributed by atoms with Crippen LogP contribution in [-0.4, -0.2) is 22.2 Å². The van der Waals surface area contributed by atoms with E-state index < -0.39 is 0 Å². The van der Waals surface area contributed by atoms with Crippen molar-refractivity contribution in [3.8, 4) is 0 Å². The van der Waals surface area contributed by atoms with Gasteiger partial charge in [-0.3, -0.25) is 0 Å². The predicted molar refractivity (Wildman–Crippen MR) is 65.3 cm³/mol. The van der Waals surface area contributed by atoms with Gasteiger partial charge < -0.3 is 16.2 Å². The van der Waals surface area contributed by atoms with E-state index in [4.69, 9.17) is 5.73 Å². The maximum Gasteiger partial charge on any atom is 0.149 e. The van der Waals surface area contributed by atoms with Gasteiger partial charge in [-0.1, -0.05) is 12.8 Å². The van der Waals surface area contributed by atoms with Gasteiger partial charge in [-0.25, -0.2) is 4.98 Å². The number of hydrogen-bond donors (Lipinski definition) is 3. The second-order valence-corrected chi connectivity index (χ2v) is 4.72. The minimum Gasteiger partial charge on any atom is -0.396 e. The van der Waals surface area contributed by atoms with E-state index in [1.165, 1.54) is 0 Å². The van der Waals surface area contributed by atoms with Crippen LogP contribution in [0.15, 0.2) is 12.3 Å². The summed E-state index contributed by atoms with van der Waals surface area (Å²) in [6.45, 7) is 2.10. The van der Waals surface area contributed by atoms with Gasteiger partial charge in [0.05, 0.1) is 17.8 Å². The van der Waals surface area contributed by atoms with Crippen LogP contribution in [0, 0.1) is 6.92 Å². The number of aromatic nitrogens is 1. The van der Waals surface area contributed by atoms with Crippen molar-refractivity contribution in [3.63, 3.8) is 0 Å². The molecule has 16 heavy (non-hydrogen) atoms. The number of rotatable bonds is 3. The van der Waals surface area contributed by atoms with Crippen molar-refractivity contribution >= 4 is 11.5 Å². The van der Waals surface area contributed by atoms with Gasteiger partial charge >= 0.3 is 0 Å². The molecule has 1 aromatic rings.